The van der Waals surface area contributed by atoms with Gasteiger partial charge >= 0.3 is 0 Å². The summed E-state index contributed by atoms with van der Waals surface area (Å²) in [6, 6.07) is 7.16. The summed E-state index contributed by atoms with van der Waals surface area (Å²) in [4.78, 5) is 13.3. The Morgan fingerprint density at radius 3 is 2.30 bits per heavy atom. The smallest absolute Gasteiger partial charge is 0.260 e. The van der Waals surface area contributed by atoms with E-state index < -0.39 is 6.10 Å². The van der Waals surface area contributed by atoms with Crippen LogP contribution in [0.25, 0.3) is 0 Å². The summed E-state index contributed by atoms with van der Waals surface area (Å²) >= 11 is 0. The van der Waals surface area contributed by atoms with Crippen LogP contribution in [0.4, 0.5) is 0 Å². The van der Waals surface area contributed by atoms with Gasteiger partial charge in [0.1, 0.15) is 11.5 Å². The molecule has 20 heavy (non-hydrogen) atoms. The maximum Gasteiger partial charge on any atom is 0.260 e. The zero-order chi connectivity index (χ0) is 15.0. The number of likely N-dealkylation sites (N-methyl/N-ethyl adjacent to an activating group) is 1. The van der Waals surface area contributed by atoms with Gasteiger partial charge in [-0.15, -0.1) is 0 Å². The minimum Gasteiger partial charge on any atom is -0.494 e. The van der Waals surface area contributed by atoms with Gasteiger partial charge in [-0.2, -0.15) is 0 Å². The van der Waals surface area contributed by atoms with Crippen LogP contribution in [0.2, 0.25) is 0 Å². The first-order valence-electron chi connectivity index (χ1n) is 6.80. The fraction of sp³-hybridized carbons (Fsp3) is 0.533. The number of amides is 1. The highest BCUT2D eigenvalue weighted by molar-refractivity contribution is 5.77. The van der Waals surface area contributed by atoms with E-state index in [2.05, 4.69) is 0 Å². The molecule has 112 valence electrons. The minimum atomic E-state index is -0.405. The zero-order valence-electron chi connectivity index (χ0n) is 12.3. The summed E-state index contributed by atoms with van der Waals surface area (Å²) in [7, 11) is 1.70. The van der Waals surface area contributed by atoms with Gasteiger partial charge in [0.2, 0.25) is 0 Å². The molecule has 0 aliphatic heterocycles. The first-order valence-corrected chi connectivity index (χ1v) is 6.80. The number of aliphatic hydroxyl groups excluding tert-OH is 1. The molecule has 0 fully saturated rings. The lowest BCUT2D eigenvalue weighted by atomic mass is 10.3. The van der Waals surface area contributed by atoms with Gasteiger partial charge in [-0.1, -0.05) is 0 Å². The molecule has 0 aromatic heterocycles. The highest BCUT2D eigenvalue weighted by Gasteiger charge is 2.10. The average Bonchev–Trinajstić information content (AvgIpc) is 2.44. The summed E-state index contributed by atoms with van der Waals surface area (Å²) < 4.78 is 10.7. The SMILES string of the molecule is CCOc1ccc(OCC(=O)N(C)CCC(C)O)cc1. The van der Waals surface area contributed by atoms with Crippen LogP contribution in [0.15, 0.2) is 24.3 Å². The lowest BCUT2D eigenvalue weighted by molar-refractivity contribution is -0.132. The van der Waals surface area contributed by atoms with Crippen LogP contribution in [0.1, 0.15) is 20.3 Å². The van der Waals surface area contributed by atoms with Gasteiger partial charge in [-0.05, 0) is 44.5 Å². The number of hydrogen-bond donors (Lipinski definition) is 1. The van der Waals surface area contributed by atoms with Crippen LogP contribution in [-0.2, 0) is 4.79 Å². The Hall–Kier alpha value is -1.75. The van der Waals surface area contributed by atoms with Crippen molar-refractivity contribution in [3.63, 3.8) is 0 Å². The maximum atomic E-state index is 11.8. The van der Waals surface area contributed by atoms with Crippen molar-refractivity contribution < 1.29 is 19.4 Å². The van der Waals surface area contributed by atoms with Crippen molar-refractivity contribution in [3.05, 3.63) is 24.3 Å². The van der Waals surface area contributed by atoms with Gasteiger partial charge in [-0.3, -0.25) is 4.79 Å². The molecule has 0 aliphatic rings. The van der Waals surface area contributed by atoms with E-state index in [0.29, 0.717) is 25.3 Å². The first kappa shape index (κ1) is 16.3. The third-order valence-corrected chi connectivity index (χ3v) is 2.81. The lowest BCUT2D eigenvalue weighted by Crippen LogP contribution is -2.33. The van der Waals surface area contributed by atoms with E-state index in [0.717, 1.165) is 5.75 Å². The van der Waals surface area contributed by atoms with E-state index in [9.17, 15) is 9.90 Å². The van der Waals surface area contributed by atoms with Crippen LogP contribution < -0.4 is 9.47 Å². The van der Waals surface area contributed by atoms with Gasteiger partial charge in [0.15, 0.2) is 6.61 Å². The van der Waals surface area contributed by atoms with Gasteiger partial charge in [-0.25, -0.2) is 0 Å². The Kier molecular flexibility index (Phi) is 6.87. The van der Waals surface area contributed by atoms with E-state index in [-0.39, 0.29) is 12.5 Å². The molecule has 1 aromatic carbocycles. The molecule has 1 atom stereocenters. The second-order valence-corrected chi connectivity index (χ2v) is 4.65. The number of carbonyl (C=O) groups is 1. The van der Waals surface area contributed by atoms with E-state index in [1.54, 1.807) is 43.1 Å². The number of ether oxygens (including phenoxy) is 2. The molecule has 5 nitrogen and oxygen atoms in total. The molecule has 5 heteroatoms. The molecule has 1 amide bonds. The molecule has 0 radical (unpaired) electrons. The predicted octanol–water partition coefficient (Wildman–Crippen LogP) is 1.69. The van der Waals surface area contributed by atoms with Crippen LogP contribution in [0.5, 0.6) is 11.5 Å². The predicted molar refractivity (Wildman–Crippen MR) is 77.0 cm³/mol. The van der Waals surface area contributed by atoms with Crippen molar-refractivity contribution in [2.75, 3.05) is 26.8 Å². The molecule has 0 heterocycles. The summed E-state index contributed by atoms with van der Waals surface area (Å²) in [5, 5.41) is 9.18. The topological polar surface area (TPSA) is 59.0 Å². The van der Waals surface area contributed by atoms with Gasteiger partial charge in [0, 0.05) is 13.6 Å². The standard InChI is InChI=1S/C15H23NO4/c1-4-19-13-5-7-14(8-6-13)20-11-15(18)16(3)10-9-12(2)17/h5-8,12,17H,4,9-11H2,1-3H3. The summed E-state index contributed by atoms with van der Waals surface area (Å²) in [5.41, 5.74) is 0. The van der Waals surface area contributed by atoms with Crippen molar-refractivity contribution in [1.82, 2.24) is 4.90 Å². The van der Waals surface area contributed by atoms with Crippen LogP contribution in [-0.4, -0.2) is 48.8 Å². The molecular weight excluding hydrogens is 258 g/mol. The molecule has 1 N–H and O–H groups in total. The van der Waals surface area contributed by atoms with Crippen molar-refractivity contribution >= 4 is 5.91 Å². The summed E-state index contributed by atoms with van der Waals surface area (Å²) in [6.45, 7) is 4.75. The number of benzene rings is 1. The molecule has 1 unspecified atom stereocenters. The van der Waals surface area contributed by atoms with Crippen molar-refractivity contribution in [1.29, 1.82) is 0 Å². The zero-order valence-corrected chi connectivity index (χ0v) is 12.3. The van der Waals surface area contributed by atoms with Crippen LogP contribution >= 0.6 is 0 Å². The van der Waals surface area contributed by atoms with E-state index in [4.69, 9.17) is 9.47 Å². The molecule has 0 saturated heterocycles. The van der Waals surface area contributed by atoms with Crippen molar-refractivity contribution in [2.45, 2.75) is 26.4 Å². The fourth-order valence-electron chi connectivity index (χ4n) is 1.56. The molecule has 0 spiro atoms. The monoisotopic (exact) mass is 281 g/mol. The molecule has 1 rings (SSSR count). The molecule has 0 saturated carbocycles. The molecule has 0 aliphatic carbocycles. The van der Waals surface area contributed by atoms with E-state index in [1.165, 1.54) is 0 Å². The average molecular weight is 281 g/mol. The van der Waals surface area contributed by atoms with Crippen molar-refractivity contribution in [2.24, 2.45) is 0 Å². The van der Waals surface area contributed by atoms with Crippen LogP contribution in [0.3, 0.4) is 0 Å². The second kappa shape index (κ2) is 8.43. The number of carbonyl (C=O) groups excluding carboxylic acids is 1. The van der Waals surface area contributed by atoms with Gasteiger partial charge < -0.3 is 19.5 Å². The minimum absolute atomic E-state index is 0.00963. The van der Waals surface area contributed by atoms with E-state index >= 15 is 0 Å². The normalized spacial score (nSPS) is 11.8. The number of nitrogens with zero attached hydrogens (tertiary/aromatic N) is 1. The third-order valence-electron chi connectivity index (χ3n) is 2.81. The fourth-order valence-corrected chi connectivity index (χ4v) is 1.56. The highest BCUT2D eigenvalue weighted by Crippen LogP contribution is 2.17. The second-order valence-electron chi connectivity index (χ2n) is 4.65. The first-order chi connectivity index (χ1) is 9.52. The summed E-state index contributed by atoms with van der Waals surface area (Å²) in [5.74, 6) is 1.30. The summed E-state index contributed by atoms with van der Waals surface area (Å²) in [6.07, 6.45) is 0.156. The Labute approximate surface area is 120 Å². The van der Waals surface area contributed by atoms with E-state index in [1.807, 2.05) is 6.92 Å². The Balaban J connectivity index is 2.36. The van der Waals surface area contributed by atoms with Gasteiger partial charge in [0.05, 0.1) is 12.7 Å². The lowest BCUT2D eigenvalue weighted by Gasteiger charge is -2.18. The van der Waals surface area contributed by atoms with Gasteiger partial charge in [0.25, 0.3) is 5.91 Å². The Morgan fingerprint density at radius 1 is 1.25 bits per heavy atom. The Bertz CT molecular complexity index is 403. The maximum absolute atomic E-state index is 11.8. The molecular formula is C15H23NO4. The third kappa shape index (κ3) is 5.93. The quantitative estimate of drug-likeness (QED) is 0.788. The number of hydrogen-bond acceptors (Lipinski definition) is 4. The number of rotatable bonds is 8. The number of aliphatic hydroxyl groups is 1. The largest absolute Gasteiger partial charge is 0.494 e. The van der Waals surface area contributed by atoms with Crippen LogP contribution in [0, 0.1) is 0 Å². The Morgan fingerprint density at radius 2 is 1.80 bits per heavy atom. The molecule has 0 bridgehead atoms. The highest BCUT2D eigenvalue weighted by atomic mass is 16.5. The molecule has 1 aromatic rings. The van der Waals surface area contributed by atoms with Crippen molar-refractivity contribution in [3.8, 4) is 11.5 Å².